The lowest BCUT2D eigenvalue weighted by Gasteiger charge is -2.27. The second-order valence-electron chi connectivity index (χ2n) is 4.65. The fourth-order valence-corrected chi connectivity index (χ4v) is 3.12. The second-order valence-corrected chi connectivity index (χ2v) is 4.65. The van der Waals surface area contributed by atoms with Gasteiger partial charge in [0.05, 0.1) is 6.61 Å². The molecule has 0 aromatic carbocycles. The summed E-state index contributed by atoms with van der Waals surface area (Å²) in [6, 6.07) is 0. The first kappa shape index (κ1) is 9.77. The lowest BCUT2D eigenvalue weighted by Crippen LogP contribution is -2.37. The SMILES string of the molecule is COC[C@]12CCC[C@H]1CN(C(=N)N)C2. The molecule has 2 fully saturated rings. The summed E-state index contributed by atoms with van der Waals surface area (Å²) in [5.74, 6) is 0.904. The van der Waals surface area contributed by atoms with Crippen LogP contribution in [0.4, 0.5) is 0 Å². The van der Waals surface area contributed by atoms with E-state index in [4.69, 9.17) is 15.9 Å². The van der Waals surface area contributed by atoms with Crippen molar-refractivity contribution in [2.75, 3.05) is 26.8 Å². The van der Waals surface area contributed by atoms with E-state index in [0.717, 1.165) is 19.7 Å². The summed E-state index contributed by atoms with van der Waals surface area (Å²) >= 11 is 0. The Kier molecular flexibility index (Phi) is 2.39. The van der Waals surface area contributed by atoms with Gasteiger partial charge in [0.15, 0.2) is 5.96 Å². The van der Waals surface area contributed by atoms with Crippen LogP contribution in [0.3, 0.4) is 0 Å². The molecule has 3 N–H and O–H groups in total. The number of ether oxygens (including phenoxy) is 1. The maximum absolute atomic E-state index is 7.45. The van der Waals surface area contributed by atoms with Crippen molar-refractivity contribution >= 4 is 5.96 Å². The number of nitrogens with zero attached hydrogens (tertiary/aromatic N) is 1. The van der Waals surface area contributed by atoms with Crippen LogP contribution in [0.25, 0.3) is 0 Å². The molecule has 0 unspecified atom stereocenters. The molecule has 0 aromatic heterocycles. The molecule has 0 bridgehead atoms. The Morgan fingerprint density at radius 3 is 3.14 bits per heavy atom. The third kappa shape index (κ3) is 1.38. The van der Waals surface area contributed by atoms with E-state index in [1.807, 2.05) is 4.90 Å². The van der Waals surface area contributed by atoms with Gasteiger partial charge in [0.25, 0.3) is 0 Å². The maximum Gasteiger partial charge on any atom is 0.188 e. The van der Waals surface area contributed by atoms with Crippen molar-refractivity contribution in [1.29, 1.82) is 5.41 Å². The highest BCUT2D eigenvalue weighted by atomic mass is 16.5. The van der Waals surface area contributed by atoms with Gasteiger partial charge in [0.1, 0.15) is 0 Å². The van der Waals surface area contributed by atoms with E-state index >= 15 is 0 Å². The van der Waals surface area contributed by atoms with Crippen molar-refractivity contribution < 1.29 is 4.74 Å². The molecule has 1 heterocycles. The standard InChI is InChI=1S/C10H19N3O/c1-14-7-10-4-2-3-8(10)5-13(6-10)9(11)12/h8H,2-7H2,1H3,(H3,11,12)/t8-,10+/m0/s1. The fourth-order valence-electron chi connectivity index (χ4n) is 3.12. The van der Waals surface area contributed by atoms with Gasteiger partial charge >= 0.3 is 0 Å². The Labute approximate surface area is 84.9 Å². The summed E-state index contributed by atoms with van der Waals surface area (Å²) in [6.07, 6.45) is 3.81. The molecule has 0 amide bonds. The van der Waals surface area contributed by atoms with Crippen LogP contribution in [0.15, 0.2) is 0 Å². The van der Waals surface area contributed by atoms with Gasteiger partial charge in [-0.15, -0.1) is 0 Å². The molecule has 80 valence electrons. The van der Waals surface area contributed by atoms with Crippen molar-refractivity contribution in [1.82, 2.24) is 4.90 Å². The monoisotopic (exact) mass is 197 g/mol. The van der Waals surface area contributed by atoms with Crippen molar-refractivity contribution in [3.8, 4) is 0 Å². The number of hydrogen-bond donors (Lipinski definition) is 2. The molecule has 0 aromatic rings. The van der Waals surface area contributed by atoms with Gasteiger partial charge in [0.2, 0.25) is 0 Å². The minimum absolute atomic E-state index is 0.217. The van der Waals surface area contributed by atoms with Gasteiger partial charge in [0, 0.05) is 25.6 Å². The summed E-state index contributed by atoms with van der Waals surface area (Å²) in [7, 11) is 1.76. The highest BCUT2D eigenvalue weighted by Crippen LogP contribution is 2.48. The van der Waals surface area contributed by atoms with Gasteiger partial charge in [-0.1, -0.05) is 6.42 Å². The van der Waals surface area contributed by atoms with E-state index in [-0.39, 0.29) is 5.96 Å². The highest BCUT2D eigenvalue weighted by molar-refractivity contribution is 5.75. The Hall–Kier alpha value is -0.770. The molecular weight excluding hydrogens is 178 g/mol. The third-order valence-electron chi connectivity index (χ3n) is 3.81. The number of methoxy groups -OCH3 is 1. The molecule has 0 spiro atoms. The second kappa shape index (κ2) is 3.42. The minimum atomic E-state index is 0.217. The normalized spacial score (nSPS) is 36.1. The van der Waals surface area contributed by atoms with E-state index in [2.05, 4.69) is 0 Å². The molecular formula is C10H19N3O. The Morgan fingerprint density at radius 2 is 2.50 bits per heavy atom. The molecule has 4 heteroatoms. The van der Waals surface area contributed by atoms with Crippen LogP contribution in [0.5, 0.6) is 0 Å². The molecule has 2 atom stereocenters. The predicted octanol–water partition coefficient (Wildman–Crippen LogP) is 0.628. The first-order valence-electron chi connectivity index (χ1n) is 5.26. The van der Waals surface area contributed by atoms with Crippen LogP contribution in [-0.2, 0) is 4.74 Å². The quantitative estimate of drug-likeness (QED) is 0.504. The number of nitrogens with one attached hydrogen (secondary N) is 1. The van der Waals surface area contributed by atoms with Crippen molar-refractivity contribution in [3.05, 3.63) is 0 Å². The summed E-state index contributed by atoms with van der Waals surface area (Å²) < 4.78 is 5.32. The van der Waals surface area contributed by atoms with Crippen LogP contribution in [-0.4, -0.2) is 37.7 Å². The van der Waals surface area contributed by atoms with Crippen LogP contribution in [0, 0.1) is 16.7 Å². The van der Waals surface area contributed by atoms with Gasteiger partial charge in [-0.2, -0.15) is 0 Å². The van der Waals surface area contributed by atoms with Crippen LogP contribution in [0.2, 0.25) is 0 Å². The Balaban J connectivity index is 2.10. The lowest BCUT2D eigenvalue weighted by atomic mass is 9.82. The zero-order chi connectivity index (χ0) is 10.2. The fraction of sp³-hybridized carbons (Fsp3) is 0.900. The van der Waals surface area contributed by atoms with E-state index in [9.17, 15) is 0 Å². The third-order valence-corrected chi connectivity index (χ3v) is 3.81. The van der Waals surface area contributed by atoms with Crippen molar-refractivity contribution in [3.63, 3.8) is 0 Å². The van der Waals surface area contributed by atoms with Gasteiger partial charge in [-0.3, -0.25) is 5.41 Å². The van der Waals surface area contributed by atoms with E-state index in [0.29, 0.717) is 11.3 Å². The maximum atomic E-state index is 7.45. The number of nitrogens with two attached hydrogens (primary N) is 1. The number of rotatable bonds is 2. The lowest BCUT2D eigenvalue weighted by molar-refractivity contribution is 0.0734. The van der Waals surface area contributed by atoms with E-state index in [1.165, 1.54) is 19.3 Å². The number of hydrogen-bond acceptors (Lipinski definition) is 2. The summed E-state index contributed by atoms with van der Waals surface area (Å²) in [5, 5.41) is 7.45. The first-order chi connectivity index (χ1) is 6.68. The van der Waals surface area contributed by atoms with Gasteiger partial charge in [-0.05, 0) is 18.8 Å². The molecule has 14 heavy (non-hydrogen) atoms. The zero-order valence-corrected chi connectivity index (χ0v) is 8.75. The average molecular weight is 197 g/mol. The van der Waals surface area contributed by atoms with Crippen molar-refractivity contribution in [2.45, 2.75) is 19.3 Å². The number of likely N-dealkylation sites (tertiary alicyclic amines) is 1. The predicted molar refractivity (Wildman–Crippen MR) is 55.1 cm³/mol. The number of fused-ring (bicyclic) bond motifs is 1. The molecule has 1 aliphatic carbocycles. The van der Waals surface area contributed by atoms with Gasteiger partial charge in [-0.25, -0.2) is 0 Å². The molecule has 1 saturated carbocycles. The Bertz CT molecular complexity index is 244. The molecule has 2 rings (SSSR count). The molecule has 1 saturated heterocycles. The van der Waals surface area contributed by atoms with Gasteiger partial charge < -0.3 is 15.4 Å². The summed E-state index contributed by atoms with van der Waals surface area (Å²) in [4.78, 5) is 1.99. The zero-order valence-electron chi connectivity index (χ0n) is 8.75. The average Bonchev–Trinajstić information content (AvgIpc) is 2.60. The van der Waals surface area contributed by atoms with Crippen LogP contribution < -0.4 is 5.73 Å². The summed E-state index contributed by atoms with van der Waals surface area (Å²) in [6.45, 7) is 2.70. The topological polar surface area (TPSA) is 62.3 Å². The van der Waals surface area contributed by atoms with E-state index in [1.54, 1.807) is 7.11 Å². The first-order valence-corrected chi connectivity index (χ1v) is 5.26. The van der Waals surface area contributed by atoms with Crippen LogP contribution >= 0.6 is 0 Å². The van der Waals surface area contributed by atoms with E-state index < -0.39 is 0 Å². The Morgan fingerprint density at radius 1 is 1.71 bits per heavy atom. The van der Waals surface area contributed by atoms with Crippen molar-refractivity contribution in [2.24, 2.45) is 17.1 Å². The molecule has 1 aliphatic heterocycles. The molecule has 0 radical (unpaired) electrons. The highest BCUT2D eigenvalue weighted by Gasteiger charge is 2.49. The molecule has 4 nitrogen and oxygen atoms in total. The largest absolute Gasteiger partial charge is 0.384 e. The van der Waals surface area contributed by atoms with Crippen LogP contribution in [0.1, 0.15) is 19.3 Å². The molecule has 2 aliphatic rings. The summed E-state index contributed by atoms with van der Waals surface area (Å²) in [5.41, 5.74) is 5.82. The minimum Gasteiger partial charge on any atom is -0.384 e. The smallest absolute Gasteiger partial charge is 0.188 e. The number of guanidine groups is 1.